The Morgan fingerprint density at radius 3 is 2.42 bits per heavy atom. The minimum absolute atomic E-state index is 0.153. The smallest absolute Gasteiger partial charge is 0.123 e. The molecule has 1 unspecified atom stereocenters. The topological polar surface area (TPSA) is 0 Å². The zero-order chi connectivity index (χ0) is 9.30. The van der Waals surface area contributed by atoms with E-state index < -0.39 is 0 Å². The molecule has 1 atom stereocenters. The molecule has 0 heterocycles. The van der Waals surface area contributed by atoms with Gasteiger partial charge in [0.05, 0.1) is 0 Å². The fraction of sp³-hybridized carbons (Fsp3) is 0.400. The predicted molar refractivity (Wildman–Crippen MR) is 53.2 cm³/mol. The van der Waals surface area contributed by atoms with Gasteiger partial charge in [-0.15, -0.1) is 0 Å². The lowest BCUT2D eigenvalue weighted by atomic mass is 10.0. The third kappa shape index (κ3) is 1.86. The zero-order valence-corrected chi connectivity index (χ0v) is 9.07. The van der Waals surface area contributed by atoms with Gasteiger partial charge in [0.1, 0.15) is 5.82 Å². The molecule has 0 aliphatic heterocycles. The van der Waals surface area contributed by atoms with E-state index in [0.717, 1.165) is 11.1 Å². The predicted octanol–water partition coefficient (Wildman–Crippen LogP) is 3.90. The van der Waals surface area contributed by atoms with Crippen LogP contribution in [0.2, 0.25) is 0 Å². The second kappa shape index (κ2) is 3.56. The molecule has 1 rings (SSSR count). The molecular weight excluding hydrogens is 219 g/mol. The van der Waals surface area contributed by atoms with Crippen LogP contribution in [0.15, 0.2) is 12.1 Å². The van der Waals surface area contributed by atoms with Crippen LogP contribution in [0.4, 0.5) is 4.39 Å². The summed E-state index contributed by atoms with van der Waals surface area (Å²) >= 11 is 3.43. The molecular formula is C10H12BrF. The molecule has 0 aromatic heterocycles. The molecule has 0 radical (unpaired) electrons. The first-order valence-corrected chi connectivity index (χ1v) is 4.84. The van der Waals surface area contributed by atoms with E-state index in [1.807, 2.05) is 20.8 Å². The van der Waals surface area contributed by atoms with Crippen LogP contribution in [0.25, 0.3) is 0 Å². The molecule has 2 heteroatoms. The van der Waals surface area contributed by atoms with E-state index in [4.69, 9.17) is 0 Å². The largest absolute Gasteiger partial charge is 0.207 e. The number of rotatable bonds is 1. The Hall–Kier alpha value is -0.370. The molecule has 0 aliphatic rings. The first-order chi connectivity index (χ1) is 5.52. The van der Waals surface area contributed by atoms with Gasteiger partial charge in [0, 0.05) is 4.83 Å². The van der Waals surface area contributed by atoms with Crippen molar-refractivity contribution < 1.29 is 4.39 Å². The summed E-state index contributed by atoms with van der Waals surface area (Å²) in [6.07, 6.45) is 0. The van der Waals surface area contributed by atoms with E-state index >= 15 is 0 Å². The van der Waals surface area contributed by atoms with Gasteiger partial charge in [-0.2, -0.15) is 0 Å². The first kappa shape index (κ1) is 9.72. The number of halogens is 2. The summed E-state index contributed by atoms with van der Waals surface area (Å²) in [4.78, 5) is 0.215. The number of hydrogen-bond donors (Lipinski definition) is 0. The molecule has 1 aromatic rings. The normalized spacial score (nSPS) is 13.1. The van der Waals surface area contributed by atoms with Crippen molar-refractivity contribution in [2.45, 2.75) is 25.6 Å². The fourth-order valence-electron chi connectivity index (χ4n) is 1.25. The Kier molecular flexibility index (Phi) is 2.89. The highest BCUT2D eigenvalue weighted by molar-refractivity contribution is 9.09. The van der Waals surface area contributed by atoms with E-state index in [9.17, 15) is 4.39 Å². The third-order valence-electron chi connectivity index (χ3n) is 2.10. The molecule has 0 N–H and O–H groups in total. The van der Waals surface area contributed by atoms with Gasteiger partial charge in [-0.1, -0.05) is 15.9 Å². The van der Waals surface area contributed by atoms with Crippen molar-refractivity contribution in [3.8, 4) is 0 Å². The summed E-state index contributed by atoms with van der Waals surface area (Å²) in [6.45, 7) is 5.94. The van der Waals surface area contributed by atoms with E-state index in [1.54, 1.807) is 12.1 Å². The fourth-order valence-corrected chi connectivity index (χ4v) is 1.73. The molecule has 0 spiro atoms. The highest BCUT2D eigenvalue weighted by atomic mass is 79.9. The summed E-state index contributed by atoms with van der Waals surface area (Å²) in [7, 11) is 0. The summed E-state index contributed by atoms with van der Waals surface area (Å²) in [5, 5.41) is 0. The summed E-state index contributed by atoms with van der Waals surface area (Å²) < 4.78 is 12.9. The maximum Gasteiger partial charge on any atom is 0.123 e. The second-order valence-corrected chi connectivity index (χ2v) is 4.43. The van der Waals surface area contributed by atoms with Crippen molar-refractivity contribution in [2.24, 2.45) is 0 Å². The van der Waals surface area contributed by atoms with Crippen LogP contribution in [0.1, 0.15) is 28.4 Å². The Bertz CT molecular complexity index is 292. The molecule has 66 valence electrons. The van der Waals surface area contributed by atoms with Crippen molar-refractivity contribution in [2.75, 3.05) is 0 Å². The molecule has 12 heavy (non-hydrogen) atoms. The summed E-state index contributed by atoms with van der Waals surface area (Å²) in [5.74, 6) is -0.153. The monoisotopic (exact) mass is 230 g/mol. The maximum absolute atomic E-state index is 12.9. The lowest BCUT2D eigenvalue weighted by Gasteiger charge is -2.10. The van der Waals surface area contributed by atoms with E-state index in [0.29, 0.717) is 0 Å². The average molecular weight is 231 g/mol. The maximum atomic E-state index is 12.9. The Labute approximate surface area is 80.9 Å². The van der Waals surface area contributed by atoms with Gasteiger partial charge in [-0.3, -0.25) is 0 Å². The van der Waals surface area contributed by atoms with Crippen LogP contribution in [-0.2, 0) is 0 Å². The molecule has 0 nitrogen and oxygen atoms in total. The average Bonchev–Trinajstić information content (AvgIpc) is 1.96. The first-order valence-electron chi connectivity index (χ1n) is 3.93. The summed E-state index contributed by atoms with van der Waals surface area (Å²) in [6, 6.07) is 3.15. The minimum Gasteiger partial charge on any atom is -0.207 e. The lowest BCUT2D eigenvalue weighted by Crippen LogP contribution is -1.94. The van der Waals surface area contributed by atoms with Gasteiger partial charge in [0.25, 0.3) is 0 Å². The Morgan fingerprint density at radius 2 is 1.92 bits per heavy atom. The summed E-state index contributed by atoms with van der Waals surface area (Å²) in [5.41, 5.74) is 3.21. The highest BCUT2D eigenvalue weighted by Crippen LogP contribution is 2.27. The number of aryl methyl sites for hydroxylation is 1. The van der Waals surface area contributed by atoms with Crippen molar-refractivity contribution in [3.05, 3.63) is 34.6 Å². The third-order valence-corrected chi connectivity index (χ3v) is 2.59. The van der Waals surface area contributed by atoms with Crippen LogP contribution in [0.5, 0.6) is 0 Å². The van der Waals surface area contributed by atoms with Gasteiger partial charge < -0.3 is 0 Å². The number of alkyl halides is 1. The molecule has 0 saturated carbocycles. The minimum atomic E-state index is -0.153. The van der Waals surface area contributed by atoms with Crippen molar-refractivity contribution in [3.63, 3.8) is 0 Å². The van der Waals surface area contributed by atoms with Crippen molar-refractivity contribution in [1.29, 1.82) is 0 Å². The van der Waals surface area contributed by atoms with Crippen LogP contribution in [0.3, 0.4) is 0 Å². The van der Waals surface area contributed by atoms with Gasteiger partial charge >= 0.3 is 0 Å². The molecule has 0 fully saturated rings. The lowest BCUT2D eigenvalue weighted by molar-refractivity contribution is 0.623. The second-order valence-electron chi connectivity index (χ2n) is 3.05. The quantitative estimate of drug-likeness (QED) is 0.643. The Morgan fingerprint density at radius 1 is 1.33 bits per heavy atom. The highest BCUT2D eigenvalue weighted by Gasteiger charge is 2.08. The van der Waals surface area contributed by atoms with Gasteiger partial charge in [0.2, 0.25) is 0 Å². The van der Waals surface area contributed by atoms with Gasteiger partial charge in [-0.05, 0) is 49.6 Å². The molecule has 0 amide bonds. The molecule has 1 aromatic carbocycles. The van der Waals surface area contributed by atoms with E-state index in [1.165, 1.54) is 5.56 Å². The van der Waals surface area contributed by atoms with Crippen molar-refractivity contribution >= 4 is 15.9 Å². The van der Waals surface area contributed by atoms with Gasteiger partial charge in [0.15, 0.2) is 0 Å². The van der Waals surface area contributed by atoms with Gasteiger partial charge in [-0.25, -0.2) is 4.39 Å². The molecule has 0 aliphatic carbocycles. The van der Waals surface area contributed by atoms with Crippen LogP contribution in [0, 0.1) is 19.7 Å². The van der Waals surface area contributed by atoms with Crippen LogP contribution >= 0.6 is 15.9 Å². The Balaban J connectivity index is 3.28. The van der Waals surface area contributed by atoms with Crippen LogP contribution < -0.4 is 0 Å². The molecule has 0 saturated heterocycles. The van der Waals surface area contributed by atoms with E-state index in [-0.39, 0.29) is 10.6 Å². The van der Waals surface area contributed by atoms with Crippen LogP contribution in [-0.4, -0.2) is 0 Å². The standard InChI is InChI=1S/C10H12BrF/c1-6-4-9(12)5-10(7(6)2)8(3)11/h4-5,8H,1-3H3. The van der Waals surface area contributed by atoms with Crippen molar-refractivity contribution in [1.82, 2.24) is 0 Å². The zero-order valence-electron chi connectivity index (χ0n) is 7.49. The molecule has 0 bridgehead atoms. The number of benzene rings is 1. The number of hydrogen-bond acceptors (Lipinski definition) is 0. The van der Waals surface area contributed by atoms with E-state index in [2.05, 4.69) is 15.9 Å². The SMILES string of the molecule is Cc1cc(F)cc(C(C)Br)c1C.